The van der Waals surface area contributed by atoms with Crippen LogP contribution in [-0.2, 0) is 4.79 Å². The molecule has 2 nitrogen and oxygen atoms in total. The molecule has 0 aromatic carbocycles. The third kappa shape index (κ3) is 1.66. The van der Waals surface area contributed by atoms with Crippen LogP contribution in [-0.4, -0.2) is 18.5 Å². The molecule has 0 spiro atoms. The fourth-order valence-corrected chi connectivity index (χ4v) is 1.25. The lowest BCUT2D eigenvalue weighted by atomic mass is 9.91. The minimum atomic E-state index is 0.194. The van der Waals surface area contributed by atoms with Gasteiger partial charge in [0, 0.05) is 18.7 Å². The van der Waals surface area contributed by atoms with Crippen LogP contribution >= 0.6 is 0 Å². The molecular weight excluding hydrogens is 126 g/mol. The van der Waals surface area contributed by atoms with Crippen LogP contribution in [0.5, 0.6) is 0 Å². The number of Topliss-reactive ketones (excluding diaryl/α,β-unsaturated/α-hetero) is 1. The van der Waals surface area contributed by atoms with Crippen LogP contribution < -0.4 is 0 Å². The first-order chi connectivity index (χ1) is 4.70. The molecule has 0 aliphatic carbocycles. The molecule has 0 fully saturated rings. The summed E-state index contributed by atoms with van der Waals surface area (Å²) in [5.41, 5.74) is 0. The molecule has 2 atom stereocenters. The van der Waals surface area contributed by atoms with Gasteiger partial charge in [-0.1, -0.05) is 6.92 Å². The van der Waals surface area contributed by atoms with Crippen molar-refractivity contribution in [2.45, 2.75) is 20.3 Å². The van der Waals surface area contributed by atoms with Crippen LogP contribution in [0.15, 0.2) is 4.99 Å². The lowest BCUT2D eigenvalue weighted by Gasteiger charge is -2.18. The van der Waals surface area contributed by atoms with Crippen LogP contribution in [0, 0.1) is 11.8 Å². The summed E-state index contributed by atoms with van der Waals surface area (Å²) in [7, 11) is 0. The van der Waals surface area contributed by atoms with E-state index in [4.69, 9.17) is 0 Å². The molecule has 0 N–H and O–H groups in total. The standard InChI is InChI=1S/C8H13NO/c1-6-3-8(7(2)10)5-9-4-6/h4,6,8H,3,5H2,1-2H3/t6?,8-/m0/s1. The Morgan fingerprint density at radius 3 is 2.80 bits per heavy atom. The smallest absolute Gasteiger partial charge is 0.134 e. The second-order valence-electron chi connectivity index (χ2n) is 3.03. The van der Waals surface area contributed by atoms with Crippen molar-refractivity contribution in [1.29, 1.82) is 0 Å². The molecule has 1 unspecified atom stereocenters. The first-order valence-corrected chi connectivity index (χ1v) is 3.70. The Morgan fingerprint density at radius 2 is 2.40 bits per heavy atom. The number of hydrogen-bond acceptors (Lipinski definition) is 2. The average molecular weight is 139 g/mol. The summed E-state index contributed by atoms with van der Waals surface area (Å²) in [5.74, 6) is 0.964. The lowest BCUT2D eigenvalue weighted by Crippen LogP contribution is -2.22. The topological polar surface area (TPSA) is 29.4 Å². The van der Waals surface area contributed by atoms with Crippen LogP contribution in [0.3, 0.4) is 0 Å². The molecule has 2 heteroatoms. The second-order valence-corrected chi connectivity index (χ2v) is 3.03. The Bertz CT molecular complexity index is 163. The maximum absolute atomic E-state index is 10.9. The molecule has 1 heterocycles. The zero-order chi connectivity index (χ0) is 7.56. The first kappa shape index (κ1) is 7.45. The van der Waals surface area contributed by atoms with E-state index in [1.165, 1.54) is 0 Å². The molecule has 0 saturated carbocycles. The quantitative estimate of drug-likeness (QED) is 0.538. The van der Waals surface area contributed by atoms with Gasteiger partial charge < -0.3 is 0 Å². The zero-order valence-corrected chi connectivity index (χ0v) is 6.50. The maximum Gasteiger partial charge on any atom is 0.134 e. The van der Waals surface area contributed by atoms with Crippen LogP contribution in [0.2, 0.25) is 0 Å². The summed E-state index contributed by atoms with van der Waals surface area (Å²) in [6.07, 6.45) is 2.93. The monoisotopic (exact) mass is 139 g/mol. The van der Waals surface area contributed by atoms with Gasteiger partial charge in [0.2, 0.25) is 0 Å². The first-order valence-electron chi connectivity index (χ1n) is 3.70. The number of rotatable bonds is 1. The minimum Gasteiger partial charge on any atom is -0.300 e. The predicted octanol–water partition coefficient (Wildman–Crippen LogP) is 1.30. The summed E-state index contributed by atoms with van der Waals surface area (Å²) in [6.45, 7) is 4.45. The van der Waals surface area contributed by atoms with Gasteiger partial charge in [-0.3, -0.25) is 9.79 Å². The molecule has 10 heavy (non-hydrogen) atoms. The Balaban J connectivity index is 2.52. The molecule has 1 aliphatic rings. The van der Waals surface area contributed by atoms with Gasteiger partial charge in [0.05, 0.1) is 0 Å². The van der Waals surface area contributed by atoms with Gasteiger partial charge in [-0.05, 0) is 19.3 Å². The molecule has 0 saturated heterocycles. The molecule has 56 valence electrons. The van der Waals surface area contributed by atoms with Crippen molar-refractivity contribution >= 4 is 12.0 Å². The van der Waals surface area contributed by atoms with E-state index in [1.54, 1.807) is 6.92 Å². The summed E-state index contributed by atoms with van der Waals surface area (Å²) in [6, 6.07) is 0. The summed E-state index contributed by atoms with van der Waals surface area (Å²) in [4.78, 5) is 15.0. The van der Waals surface area contributed by atoms with Crippen molar-refractivity contribution in [3.8, 4) is 0 Å². The highest BCUT2D eigenvalue weighted by atomic mass is 16.1. The van der Waals surface area contributed by atoms with Crippen molar-refractivity contribution in [2.24, 2.45) is 16.8 Å². The number of ketones is 1. The Morgan fingerprint density at radius 1 is 1.70 bits per heavy atom. The molecule has 0 amide bonds. The number of hydrogen-bond donors (Lipinski definition) is 0. The van der Waals surface area contributed by atoms with E-state index in [1.807, 2.05) is 6.21 Å². The largest absolute Gasteiger partial charge is 0.300 e. The Labute approximate surface area is 61.3 Å². The highest BCUT2D eigenvalue weighted by Crippen LogP contribution is 2.16. The van der Waals surface area contributed by atoms with Crippen LogP contribution in [0.4, 0.5) is 0 Å². The Hall–Kier alpha value is -0.660. The van der Waals surface area contributed by atoms with Crippen molar-refractivity contribution in [3.05, 3.63) is 0 Å². The fourth-order valence-electron chi connectivity index (χ4n) is 1.25. The molecular formula is C8H13NO. The summed E-state index contributed by atoms with van der Waals surface area (Å²) in [5, 5.41) is 0. The van der Waals surface area contributed by atoms with E-state index >= 15 is 0 Å². The fraction of sp³-hybridized carbons (Fsp3) is 0.750. The van der Waals surface area contributed by atoms with Crippen molar-refractivity contribution < 1.29 is 4.79 Å². The molecule has 1 rings (SSSR count). The maximum atomic E-state index is 10.9. The van der Waals surface area contributed by atoms with Crippen molar-refractivity contribution in [1.82, 2.24) is 0 Å². The molecule has 1 aliphatic heterocycles. The zero-order valence-electron chi connectivity index (χ0n) is 6.50. The van der Waals surface area contributed by atoms with E-state index < -0.39 is 0 Å². The van der Waals surface area contributed by atoms with Crippen LogP contribution in [0.1, 0.15) is 20.3 Å². The SMILES string of the molecule is CC(=O)[C@@H]1CN=CC(C)C1. The van der Waals surface area contributed by atoms with Gasteiger partial charge in [0.1, 0.15) is 5.78 Å². The van der Waals surface area contributed by atoms with E-state index in [0.717, 1.165) is 6.42 Å². The van der Waals surface area contributed by atoms with Gasteiger partial charge in [-0.2, -0.15) is 0 Å². The Kier molecular flexibility index (Phi) is 2.20. The molecule has 0 radical (unpaired) electrons. The minimum absolute atomic E-state index is 0.194. The number of carbonyl (C=O) groups excluding carboxylic acids is 1. The van der Waals surface area contributed by atoms with Crippen LogP contribution in [0.25, 0.3) is 0 Å². The highest BCUT2D eigenvalue weighted by Gasteiger charge is 2.18. The van der Waals surface area contributed by atoms with Crippen molar-refractivity contribution in [3.63, 3.8) is 0 Å². The third-order valence-electron chi connectivity index (χ3n) is 1.92. The molecule has 0 aromatic rings. The summed E-state index contributed by atoms with van der Waals surface area (Å²) >= 11 is 0. The molecule has 0 aromatic heterocycles. The van der Waals surface area contributed by atoms with E-state index in [9.17, 15) is 4.79 Å². The van der Waals surface area contributed by atoms with Gasteiger partial charge in [-0.25, -0.2) is 0 Å². The number of aliphatic imine (C=N–C) groups is 1. The van der Waals surface area contributed by atoms with Gasteiger partial charge in [0.25, 0.3) is 0 Å². The second kappa shape index (κ2) is 2.95. The lowest BCUT2D eigenvalue weighted by molar-refractivity contribution is -0.120. The number of nitrogens with zero attached hydrogens (tertiary/aromatic N) is 1. The highest BCUT2D eigenvalue weighted by molar-refractivity contribution is 5.80. The average Bonchev–Trinajstić information content (AvgIpc) is 1.88. The summed E-state index contributed by atoms with van der Waals surface area (Å²) < 4.78 is 0. The van der Waals surface area contributed by atoms with E-state index in [-0.39, 0.29) is 11.7 Å². The third-order valence-corrected chi connectivity index (χ3v) is 1.92. The van der Waals surface area contributed by atoms with Gasteiger partial charge >= 0.3 is 0 Å². The molecule has 0 bridgehead atoms. The normalized spacial score (nSPS) is 32.2. The van der Waals surface area contributed by atoms with Gasteiger partial charge in [0.15, 0.2) is 0 Å². The van der Waals surface area contributed by atoms with Gasteiger partial charge in [-0.15, -0.1) is 0 Å². The van der Waals surface area contributed by atoms with E-state index in [2.05, 4.69) is 11.9 Å². The predicted molar refractivity (Wildman–Crippen MR) is 41.3 cm³/mol. The number of carbonyl (C=O) groups is 1. The van der Waals surface area contributed by atoms with Crippen molar-refractivity contribution in [2.75, 3.05) is 6.54 Å². The van der Waals surface area contributed by atoms with E-state index in [0.29, 0.717) is 12.5 Å².